The molecule has 0 aliphatic rings. The van der Waals surface area contributed by atoms with Gasteiger partial charge in [-0.2, -0.15) is 0 Å². The Morgan fingerprint density at radius 1 is 0.526 bits per heavy atom. The van der Waals surface area contributed by atoms with E-state index in [2.05, 4.69) is 76.7 Å². The van der Waals surface area contributed by atoms with E-state index in [1.807, 2.05) is 26.0 Å². The molecule has 122 valence electrons. The topological polar surface area (TPSA) is 6.48 Å². The summed E-state index contributed by atoms with van der Waals surface area (Å²) in [6, 6.07) is 0. The van der Waals surface area contributed by atoms with Crippen LogP contribution in [0.15, 0.2) is 0 Å². The summed E-state index contributed by atoms with van der Waals surface area (Å²) in [5.41, 5.74) is 0. The fraction of sp³-hybridized carbons (Fsp3) is 1.00. The maximum Gasteiger partial charge on any atom is 0.112 e. The minimum absolute atomic E-state index is 0. The lowest BCUT2D eigenvalue weighted by atomic mass is 11.0. The molecule has 0 N–H and O–H groups in total. The molecule has 0 radical (unpaired) electrons. The molecule has 2 nitrogen and oxygen atoms in total. The summed E-state index contributed by atoms with van der Waals surface area (Å²) in [5.74, 6) is 0. The molecule has 0 aliphatic carbocycles. The molecule has 0 atom stereocenters. The van der Waals surface area contributed by atoms with Crippen molar-refractivity contribution in [1.29, 1.82) is 0 Å². The van der Waals surface area contributed by atoms with Crippen molar-refractivity contribution in [2.45, 2.75) is 65.5 Å². The Balaban J connectivity index is -0.000000108. The Labute approximate surface area is 129 Å². The lowest BCUT2D eigenvalue weighted by molar-refractivity contribution is 0.505. The van der Waals surface area contributed by atoms with Gasteiger partial charge < -0.3 is 9.13 Å². The van der Waals surface area contributed by atoms with Gasteiger partial charge in [-0.25, -0.2) is 0 Å². The molecule has 5 heteroatoms. The average Bonchev–Trinajstić information content (AvgIpc) is 1.94. The van der Waals surface area contributed by atoms with Gasteiger partial charge in [-0.1, -0.05) is 65.5 Å². The molecule has 0 amide bonds. The fourth-order valence-electron chi connectivity index (χ4n) is 1.01. The minimum Gasteiger partial charge on any atom is -0.349 e. The molecule has 0 fully saturated rings. The zero-order valence-electron chi connectivity index (χ0n) is 16.4. The van der Waals surface area contributed by atoms with Crippen LogP contribution in [0.2, 0.25) is 65.5 Å². The van der Waals surface area contributed by atoms with Crippen LogP contribution < -0.4 is 0 Å². The van der Waals surface area contributed by atoms with Crippen molar-refractivity contribution in [3.8, 4) is 0 Å². The van der Waals surface area contributed by atoms with E-state index in [9.17, 15) is 0 Å². The maximum absolute atomic E-state index is 2.65. The highest BCUT2D eigenvalue weighted by Gasteiger charge is 2.30. The third-order valence-electron chi connectivity index (χ3n) is 2.01. The van der Waals surface area contributed by atoms with E-state index in [0.29, 0.717) is 0 Å². The molecule has 0 aromatic carbocycles. The lowest BCUT2D eigenvalue weighted by Gasteiger charge is -2.40. The Kier molecular flexibility index (Phi) is 12.3. The molecule has 0 saturated carbocycles. The van der Waals surface area contributed by atoms with Gasteiger partial charge in [0.15, 0.2) is 0 Å². The Hall–Kier alpha value is 0.571. The van der Waals surface area contributed by atoms with Crippen LogP contribution in [-0.2, 0) is 0 Å². The van der Waals surface area contributed by atoms with Gasteiger partial charge in [-0.3, -0.25) is 0 Å². The third kappa shape index (κ3) is 32.3. The first-order valence-corrected chi connectivity index (χ1v) is 18.1. The minimum atomic E-state index is -1.00. The highest BCUT2D eigenvalue weighted by Crippen LogP contribution is 2.16. The van der Waals surface area contributed by atoms with Crippen LogP contribution in [0.3, 0.4) is 0 Å². The number of hydrogen-bond acceptors (Lipinski definition) is 2. The van der Waals surface area contributed by atoms with Gasteiger partial charge in [-0.15, -0.1) is 0 Å². The van der Waals surface area contributed by atoms with Crippen LogP contribution in [0.25, 0.3) is 0 Å². The molecule has 19 heavy (non-hydrogen) atoms. The monoisotopic (exact) mass is 325 g/mol. The summed E-state index contributed by atoms with van der Waals surface area (Å²) in [7, 11) is 5.68. The van der Waals surface area contributed by atoms with E-state index >= 15 is 0 Å². The van der Waals surface area contributed by atoms with Gasteiger partial charge >= 0.3 is 0 Å². The van der Waals surface area contributed by atoms with Crippen molar-refractivity contribution in [3.05, 3.63) is 0 Å². The molecule has 0 heterocycles. The highest BCUT2D eigenvalue weighted by molar-refractivity contribution is 6.89. The van der Waals surface area contributed by atoms with Crippen LogP contribution >= 0.6 is 0 Å². The van der Waals surface area contributed by atoms with Gasteiger partial charge in [0.05, 0.1) is 0 Å². The SMILES string of the molecule is CN(C)C.CN([Si](C)(C)C)[Si](C)(C)C.C[Si](C)(C)C.[2HH]. The van der Waals surface area contributed by atoms with Crippen molar-refractivity contribution in [1.82, 2.24) is 9.13 Å². The average molecular weight is 326 g/mol. The standard InChI is InChI=1S/C7H21NSi2.C4H12Si.C3H9N.H2/c1-8(9(2,3)4)10(5,6)7;1-5(2,3)4;1-4(2)3;/h1-7H3;1-4H3;1-3H3;1H/i;;;1+1. The normalized spacial score (nSPS) is 12.6. The van der Waals surface area contributed by atoms with Gasteiger partial charge in [0.2, 0.25) is 0 Å². The van der Waals surface area contributed by atoms with E-state index in [1.165, 1.54) is 0 Å². The van der Waals surface area contributed by atoms with Crippen LogP contribution in [0.5, 0.6) is 0 Å². The summed E-state index contributed by atoms with van der Waals surface area (Å²) in [4.78, 5) is 2.00. The first-order valence-electron chi connectivity index (χ1n) is 7.24. The van der Waals surface area contributed by atoms with E-state index in [1.54, 1.807) is 0 Å². The van der Waals surface area contributed by atoms with Gasteiger partial charge in [-0.05, 0) is 28.2 Å². The fourth-order valence-corrected chi connectivity index (χ4v) is 9.06. The zero-order valence-corrected chi connectivity index (χ0v) is 19.4. The second-order valence-corrected chi connectivity index (χ2v) is 25.7. The molecule has 0 aliphatic heterocycles. The molecule has 0 aromatic rings. The zero-order chi connectivity index (χ0) is 16.7. The summed E-state index contributed by atoms with van der Waals surface area (Å²) in [6.45, 7) is 23.8. The summed E-state index contributed by atoms with van der Waals surface area (Å²) in [5, 5.41) is 0. The van der Waals surface area contributed by atoms with E-state index in [-0.39, 0.29) is 1.43 Å². The Bertz CT molecular complexity index is 193. The predicted octanol–water partition coefficient (Wildman–Crippen LogP) is 4.97. The van der Waals surface area contributed by atoms with E-state index in [4.69, 9.17) is 0 Å². The van der Waals surface area contributed by atoms with Crippen molar-refractivity contribution in [2.75, 3.05) is 28.2 Å². The number of rotatable bonds is 2. The molecule has 0 spiro atoms. The van der Waals surface area contributed by atoms with Crippen LogP contribution in [-0.4, -0.2) is 61.9 Å². The molecule has 0 unspecified atom stereocenters. The smallest absolute Gasteiger partial charge is 0.112 e. The summed E-state index contributed by atoms with van der Waals surface area (Å²) in [6.07, 6.45) is 0. The van der Waals surface area contributed by atoms with E-state index in [0.717, 1.165) is 0 Å². The van der Waals surface area contributed by atoms with Gasteiger partial charge in [0.25, 0.3) is 0 Å². The van der Waals surface area contributed by atoms with Crippen molar-refractivity contribution < 1.29 is 1.43 Å². The van der Waals surface area contributed by atoms with Crippen molar-refractivity contribution in [3.63, 3.8) is 0 Å². The van der Waals surface area contributed by atoms with E-state index < -0.39 is 24.5 Å². The second kappa shape index (κ2) is 9.50. The van der Waals surface area contributed by atoms with Gasteiger partial charge in [0.1, 0.15) is 16.5 Å². The molecule has 0 saturated heterocycles. The quantitative estimate of drug-likeness (QED) is 0.662. The summed E-state index contributed by atoms with van der Waals surface area (Å²) < 4.78 is 2.65. The van der Waals surface area contributed by atoms with Crippen LogP contribution in [0.1, 0.15) is 1.43 Å². The Morgan fingerprint density at radius 3 is 0.632 bits per heavy atom. The third-order valence-corrected chi connectivity index (χ3v) is 10.1. The first-order chi connectivity index (χ1) is 7.89. The number of nitrogens with zero attached hydrogens (tertiary/aromatic N) is 2. The first kappa shape index (κ1) is 24.6. The van der Waals surface area contributed by atoms with Crippen molar-refractivity contribution in [2.24, 2.45) is 0 Å². The molecule has 0 rings (SSSR count). The molecule has 0 bridgehead atoms. The molecule has 0 aromatic heterocycles. The molecular formula is C14H44N2Si3. The largest absolute Gasteiger partial charge is 0.349 e. The van der Waals surface area contributed by atoms with Gasteiger partial charge in [0, 0.05) is 9.50 Å². The lowest BCUT2D eigenvalue weighted by Crippen LogP contribution is -2.56. The number of hydrogen-bond donors (Lipinski definition) is 0. The molecular weight excluding hydrogens is 280 g/mol. The summed E-state index contributed by atoms with van der Waals surface area (Å²) >= 11 is 0. The Morgan fingerprint density at radius 2 is 0.632 bits per heavy atom. The van der Waals surface area contributed by atoms with Crippen molar-refractivity contribution >= 4 is 24.5 Å². The highest BCUT2D eigenvalue weighted by atomic mass is 28.4. The second-order valence-electron chi connectivity index (χ2n) is 9.24. The maximum atomic E-state index is 2.65. The predicted molar refractivity (Wildman–Crippen MR) is 105 cm³/mol. The van der Waals surface area contributed by atoms with Crippen LogP contribution in [0, 0.1) is 0 Å². The van der Waals surface area contributed by atoms with Crippen LogP contribution in [0.4, 0.5) is 0 Å².